The number of imidazole rings is 1. The van der Waals surface area contributed by atoms with Gasteiger partial charge in [0.1, 0.15) is 22.9 Å². The molecule has 8 rings (SSSR count). The van der Waals surface area contributed by atoms with Gasteiger partial charge in [0.15, 0.2) is 11.6 Å². The van der Waals surface area contributed by atoms with Crippen molar-refractivity contribution in [3.05, 3.63) is 83.9 Å². The van der Waals surface area contributed by atoms with Crippen LogP contribution in [0.15, 0.2) is 60.9 Å². The number of amides is 3. The van der Waals surface area contributed by atoms with E-state index in [4.69, 9.17) is 0 Å². The number of aromatic nitrogens is 5. The second kappa shape index (κ2) is 15.9. The highest BCUT2D eigenvalue weighted by Crippen LogP contribution is 2.31. The first kappa shape index (κ1) is 37.4. The van der Waals surface area contributed by atoms with Gasteiger partial charge >= 0.3 is 6.03 Å². The van der Waals surface area contributed by atoms with Crippen LogP contribution < -0.4 is 20.4 Å². The molecule has 0 radical (unpaired) electrons. The number of carbonyl (C=O) groups is 2. The van der Waals surface area contributed by atoms with Crippen molar-refractivity contribution in [1.29, 1.82) is 0 Å². The zero-order chi connectivity index (χ0) is 38.9. The Hall–Kier alpha value is -5.54. The number of nitrogens with one attached hydrogen (secondary N) is 2. The van der Waals surface area contributed by atoms with Crippen molar-refractivity contribution in [3.8, 4) is 11.3 Å². The maximum atomic E-state index is 15.1. The van der Waals surface area contributed by atoms with E-state index in [0.29, 0.717) is 41.6 Å². The van der Waals surface area contributed by atoms with E-state index in [0.717, 1.165) is 81.9 Å². The normalized spacial score (nSPS) is 18.6. The molecule has 0 spiro atoms. The van der Waals surface area contributed by atoms with Gasteiger partial charge in [-0.05, 0) is 87.6 Å². The van der Waals surface area contributed by atoms with E-state index in [2.05, 4.69) is 57.4 Å². The van der Waals surface area contributed by atoms with Crippen molar-refractivity contribution in [2.75, 3.05) is 67.5 Å². The summed E-state index contributed by atoms with van der Waals surface area (Å²) >= 11 is 0. The molecule has 56 heavy (non-hydrogen) atoms. The maximum absolute atomic E-state index is 15.1. The van der Waals surface area contributed by atoms with Gasteiger partial charge < -0.3 is 19.7 Å². The summed E-state index contributed by atoms with van der Waals surface area (Å²) in [5.41, 5.74) is 4.19. The number of rotatable bonds is 10. The van der Waals surface area contributed by atoms with Gasteiger partial charge in [0.2, 0.25) is 11.9 Å². The van der Waals surface area contributed by atoms with Gasteiger partial charge in [-0.15, -0.1) is 0 Å². The predicted octanol–water partition coefficient (Wildman–Crippen LogP) is 6.28. The van der Waals surface area contributed by atoms with E-state index in [1.165, 1.54) is 12.5 Å². The molecule has 1 unspecified atom stereocenters. The van der Waals surface area contributed by atoms with Crippen LogP contribution in [0.5, 0.6) is 0 Å². The number of hydrogen-bond donors (Lipinski definition) is 2. The monoisotopic (exact) mass is 763 g/mol. The molecule has 292 valence electrons. The topological polar surface area (TPSA) is 128 Å². The van der Waals surface area contributed by atoms with Crippen molar-refractivity contribution in [1.82, 2.24) is 39.6 Å². The number of nitrogens with zero attached hydrogens (tertiary/aromatic N) is 9. The predicted molar refractivity (Wildman–Crippen MR) is 212 cm³/mol. The minimum atomic E-state index is -0.653. The molecule has 13 nitrogen and oxygen atoms in total. The van der Waals surface area contributed by atoms with Crippen molar-refractivity contribution in [2.24, 2.45) is 5.92 Å². The van der Waals surface area contributed by atoms with E-state index in [-0.39, 0.29) is 35.1 Å². The summed E-state index contributed by atoms with van der Waals surface area (Å²) in [6, 6.07) is 14.7. The number of piperazine rings is 1. The summed E-state index contributed by atoms with van der Waals surface area (Å²) in [7, 11) is 0. The number of anilines is 4. The third-order valence-electron chi connectivity index (χ3n) is 11.0. The van der Waals surface area contributed by atoms with Crippen LogP contribution in [0.3, 0.4) is 0 Å². The number of fused-ring (bicyclic) bond motifs is 1. The minimum Gasteiger partial charge on any atom is -0.371 e. The van der Waals surface area contributed by atoms with Gasteiger partial charge in [0.05, 0.1) is 11.7 Å². The number of piperidine rings is 1. The Balaban J connectivity index is 0.823. The molecule has 2 N–H and O–H groups in total. The van der Waals surface area contributed by atoms with Crippen molar-refractivity contribution >= 4 is 46.1 Å². The molecule has 3 amide bonds. The SMILES string of the molecule is Cc1nc2c(F)cc(-c3nc(Nc4ccc(CN5CCN(CC6CCCN(c7ccc(N8CCC(=O)NC8=O)cc7)C6)CC5)cn4)ncc3F)cc2n1C(C)C. The average molecular weight is 764 g/mol. The Bertz CT molecular complexity index is 2220. The lowest BCUT2D eigenvalue weighted by Gasteiger charge is -2.40. The number of imide groups is 1. The minimum absolute atomic E-state index is 0.00845. The van der Waals surface area contributed by atoms with Gasteiger partial charge in [0, 0.05) is 94.5 Å². The number of hydrogen-bond acceptors (Lipinski definition) is 10. The molecular weight excluding hydrogens is 717 g/mol. The van der Waals surface area contributed by atoms with Crippen molar-refractivity contribution < 1.29 is 18.4 Å². The van der Waals surface area contributed by atoms with E-state index in [1.807, 2.05) is 55.8 Å². The van der Waals surface area contributed by atoms with Crippen LogP contribution >= 0.6 is 0 Å². The highest BCUT2D eigenvalue weighted by Gasteiger charge is 2.27. The lowest BCUT2D eigenvalue weighted by molar-refractivity contribution is -0.120. The zero-order valence-electron chi connectivity index (χ0n) is 32.0. The Morgan fingerprint density at radius 2 is 1.64 bits per heavy atom. The third kappa shape index (κ3) is 8.05. The van der Waals surface area contributed by atoms with Crippen LogP contribution in [0.2, 0.25) is 0 Å². The van der Waals surface area contributed by atoms with Crippen molar-refractivity contribution in [3.63, 3.8) is 0 Å². The maximum Gasteiger partial charge on any atom is 0.328 e. The molecule has 3 aromatic heterocycles. The molecule has 0 bridgehead atoms. The second-order valence-corrected chi connectivity index (χ2v) is 15.3. The Kier molecular flexibility index (Phi) is 10.6. The first-order valence-electron chi connectivity index (χ1n) is 19.4. The van der Waals surface area contributed by atoms with Crippen LogP contribution in [-0.2, 0) is 11.3 Å². The summed E-state index contributed by atoms with van der Waals surface area (Å²) in [5, 5.41) is 5.46. The second-order valence-electron chi connectivity index (χ2n) is 15.3. The quantitative estimate of drug-likeness (QED) is 0.168. The molecule has 3 fully saturated rings. The van der Waals surface area contributed by atoms with E-state index in [1.54, 1.807) is 11.0 Å². The molecule has 5 aromatic rings. The summed E-state index contributed by atoms with van der Waals surface area (Å²) < 4.78 is 32.1. The lowest BCUT2D eigenvalue weighted by atomic mass is 9.96. The Labute approximate surface area is 324 Å². The van der Waals surface area contributed by atoms with E-state index < -0.39 is 11.6 Å². The fourth-order valence-electron chi connectivity index (χ4n) is 8.25. The number of pyridine rings is 1. The van der Waals surface area contributed by atoms with Crippen LogP contribution in [0, 0.1) is 24.5 Å². The summed E-state index contributed by atoms with van der Waals surface area (Å²) in [4.78, 5) is 50.4. The molecule has 6 heterocycles. The van der Waals surface area contributed by atoms with Crippen LogP contribution in [0.25, 0.3) is 22.3 Å². The fourth-order valence-corrected chi connectivity index (χ4v) is 8.25. The summed E-state index contributed by atoms with van der Waals surface area (Å²) in [6.07, 6.45) is 5.60. The highest BCUT2D eigenvalue weighted by molar-refractivity contribution is 6.05. The average Bonchev–Trinajstić information content (AvgIpc) is 3.54. The lowest BCUT2D eigenvalue weighted by Crippen LogP contribution is -2.49. The summed E-state index contributed by atoms with van der Waals surface area (Å²) in [6.45, 7) is 14.1. The summed E-state index contributed by atoms with van der Waals surface area (Å²) in [5.74, 6) is 0.544. The fraction of sp³-hybridized carbons (Fsp3) is 0.415. The molecule has 3 aliphatic heterocycles. The van der Waals surface area contributed by atoms with Crippen molar-refractivity contribution in [2.45, 2.75) is 52.6 Å². The molecule has 3 saturated heterocycles. The largest absolute Gasteiger partial charge is 0.371 e. The molecule has 3 aliphatic rings. The van der Waals surface area contributed by atoms with Gasteiger partial charge in [0.25, 0.3) is 0 Å². The number of halogens is 2. The standard InChI is InChI=1S/C41H47F2N11O2/c1-26(2)54-27(3)46-39-33(42)19-30(20-35(39)54)38-34(43)22-45-40(49-38)47-36-11-6-28(21-44-36)23-50-15-17-51(18-16-50)24-29-5-4-13-52(25-29)31-7-9-32(10-8-31)53-14-12-37(55)48-41(53)56/h6-11,19-22,26,29H,4-5,12-18,23-25H2,1-3H3,(H,48,55,56)(H,44,45,47,49). The molecular formula is C41H47F2N11O2. The molecule has 15 heteroatoms. The zero-order valence-corrected chi connectivity index (χ0v) is 32.0. The Morgan fingerprint density at radius 3 is 2.38 bits per heavy atom. The van der Waals surface area contributed by atoms with E-state index in [9.17, 15) is 9.59 Å². The number of urea groups is 1. The van der Waals surface area contributed by atoms with Crippen LogP contribution in [-0.4, -0.2) is 98.6 Å². The van der Waals surface area contributed by atoms with Crippen LogP contribution in [0.1, 0.15) is 50.5 Å². The first-order chi connectivity index (χ1) is 27.1. The van der Waals surface area contributed by atoms with Gasteiger partial charge in [-0.1, -0.05) is 6.07 Å². The number of aryl methyl sites for hydroxylation is 1. The van der Waals surface area contributed by atoms with Gasteiger partial charge in [-0.3, -0.25) is 19.9 Å². The molecule has 2 aromatic carbocycles. The van der Waals surface area contributed by atoms with E-state index >= 15 is 8.78 Å². The van der Waals surface area contributed by atoms with Crippen LogP contribution in [0.4, 0.5) is 36.7 Å². The Morgan fingerprint density at radius 1 is 0.875 bits per heavy atom. The van der Waals surface area contributed by atoms with Gasteiger partial charge in [-0.2, -0.15) is 0 Å². The third-order valence-corrected chi connectivity index (χ3v) is 11.0. The van der Waals surface area contributed by atoms with Gasteiger partial charge in [-0.25, -0.2) is 33.5 Å². The molecule has 0 aliphatic carbocycles. The molecule has 0 saturated carbocycles. The highest BCUT2D eigenvalue weighted by atomic mass is 19.1. The molecule has 1 atom stereocenters. The first-order valence-corrected chi connectivity index (χ1v) is 19.4. The smallest absolute Gasteiger partial charge is 0.328 e. The number of benzene rings is 2. The number of carbonyl (C=O) groups excluding carboxylic acids is 2.